The molecule has 2 aromatic heterocycles. The van der Waals surface area contributed by atoms with Gasteiger partial charge in [-0.1, -0.05) is 11.6 Å². The Labute approximate surface area is 266 Å². The second-order valence-electron chi connectivity index (χ2n) is 12.4. The lowest BCUT2D eigenvalue weighted by molar-refractivity contribution is -0.137. The highest BCUT2D eigenvalue weighted by Gasteiger charge is 2.49. The molecule has 10 nitrogen and oxygen atoms in total. The number of hydrogen-bond acceptors (Lipinski definition) is 10. The van der Waals surface area contributed by atoms with Crippen LogP contribution in [0.3, 0.4) is 0 Å². The first-order valence-corrected chi connectivity index (χ1v) is 15.6. The van der Waals surface area contributed by atoms with E-state index < -0.39 is 45.5 Å². The van der Waals surface area contributed by atoms with Crippen molar-refractivity contribution in [3.05, 3.63) is 28.5 Å². The van der Waals surface area contributed by atoms with Gasteiger partial charge in [-0.25, -0.2) is 13.8 Å². The maximum Gasteiger partial charge on any atom is 0.418 e. The van der Waals surface area contributed by atoms with E-state index in [1.54, 1.807) is 7.05 Å². The van der Waals surface area contributed by atoms with Crippen LogP contribution in [0.15, 0.2) is 12.1 Å². The number of aromatic nitrogens is 3. The third kappa shape index (κ3) is 5.34. The fourth-order valence-electron chi connectivity index (χ4n) is 7.35. The van der Waals surface area contributed by atoms with Crippen molar-refractivity contribution < 1.29 is 36.2 Å². The minimum atomic E-state index is -4.96. The standard InChI is InChI=1S/C30H33ClF5N7O3/c1-38-4-6-43-20-13-44-11-15(20)12-45-27-21-25(23(33)24(39-27)18-7-17(37)8-19(31)22(18)30(34,35)36)40-28(41-26(21)43)46-14-29-3-2-5-42(29)10-16(32)9-29/h7-8,15-16,20,38H,2-6,9-14,37H2,1H3/t15?,16-,20?,29+/m1/s1. The highest BCUT2D eigenvalue weighted by molar-refractivity contribution is 6.32. The fraction of sp³-hybridized carbons (Fsp3) is 0.567. The smallest absolute Gasteiger partial charge is 0.418 e. The summed E-state index contributed by atoms with van der Waals surface area (Å²) in [6.45, 7) is 2.91. The molecule has 4 atom stereocenters. The van der Waals surface area contributed by atoms with Crippen LogP contribution in [0.4, 0.5) is 33.5 Å². The van der Waals surface area contributed by atoms with Gasteiger partial charge in [-0.3, -0.25) is 4.90 Å². The summed E-state index contributed by atoms with van der Waals surface area (Å²) in [7, 11) is 1.79. The number of benzene rings is 1. The van der Waals surface area contributed by atoms with Gasteiger partial charge in [0.2, 0.25) is 5.88 Å². The number of nitrogens with two attached hydrogens (primary N) is 1. The summed E-state index contributed by atoms with van der Waals surface area (Å²) in [4.78, 5) is 17.5. The molecule has 4 aliphatic heterocycles. The predicted octanol–water partition coefficient (Wildman–Crippen LogP) is 4.47. The van der Waals surface area contributed by atoms with Crippen LogP contribution in [0.25, 0.3) is 22.2 Å². The Hall–Kier alpha value is -3.27. The molecule has 3 fully saturated rings. The van der Waals surface area contributed by atoms with Crippen LogP contribution >= 0.6 is 11.6 Å². The molecule has 0 saturated carbocycles. The SMILES string of the molecule is CNCCN1c2nc(OC[C@@]34CCCN3C[C@H](F)C4)nc3c(F)c(-c4cc(N)cc(Cl)c4C(F)(F)F)nc(c23)OCC2COCC21. The lowest BCUT2D eigenvalue weighted by Gasteiger charge is -2.36. The van der Waals surface area contributed by atoms with Gasteiger partial charge in [-0.2, -0.15) is 23.1 Å². The Morgan fingerprint density at radius 3 is 2.80 bits per heavy atom. The van der Waals surface area contributed by atoms with Crippen LogP contribution in [-0.2, 0) is 10.9 Å². The average Bonchev–Trinajstić information content (AvgIpc) is 3.68. The maximum absolute atomic E-state index is 16.7. The quantitative estimate of drug-likeness (QED) is 0.276. The van der Waals surface area contributed by atoms with Crippen molar-refractivity contribution in [2.24, 2.45) is 5.92 Å². The first-order valence-electron chi connectivity index (χ1n) is 15.2. The summed E-state index contributed by atoms with van der Waals surface area (Å²) in [5.74, 6) is -1.19. The number of rotatable bonds is 7. The molecule has 46 heavy (non-hydrogen) atoms. The lowest BCUT2D eigenvalue weighted by atomic mass is 9.95. The Bertz CT molecular complexity index is 1670. The van der Waals surface area contributed by atoms with E-state index >= 15 is 4.39 Å². The third-order valence-corrected chi connectivity index (χ3v) is 9.77. The number of likely N-dealkylation sites (N-methyl/N-ethyl adjacent to an activating group) is 1. The van der Waals surface area contributed by atoms with E-state index in [2.05, 4.69) is 20.2 Å². The molecule has 1 aromatic carbocycles. The largest absolute Gasteiger partial charge is 0.477 e. The second kappa shape index (κ2) is 11.8. The maximum atomic E-state index is 16.7. The number of nitrogen functional groups attached to an aromatic ring is 1. The predicted molar refractivity (Wildman–Crippen MR) is 161 cm³/mol. The van der Waals surface area contributed by atoms with Crippen LogP contribution in [0, 0.1) is 11.7 Å². The van der Waals surface area contributed by atoms with Crippen molar-refractivity contribution in [2.45, 2.75) is 43.2 Å². The molecule has 0 aliphatic carbocycles. The summed E-state index contributed by atoms with van der Waals surface area (Å²) in [5.41, 5.74) is 2.26. The van der Waals surface area contributed by atoms with Crippen LogP contribution in [0.5, 0.6) is 11.9 Å². The number of alkyl halides is 4. The molecule has 7 rings (SSSR count). The monoisotopic (exact) mass is 669 g/mol. The minimum absolute atomic E-state index is 0.0655. The molecular weight excluding hydrogens is 637 g/mol. The normalized spacial score (nSPS) is 26.2. The van der Waals surface area contributed by atoms with Gasteiger partial charge < -0.3 is 30.2 Å². The summed E-state index contributed by atoms with van der Waals surface area (Å²) >= 11 is 6.02. The van der Waals surface area contributed by atoms with E-state index in [9.17, 15) is 17.6 Å². The summed E-state index contributed by atoms with van der Waals surface area (Å²) in [6, 6.07) is 1.53. The zero-order chi connectivity index (χ0) is 32.4. The van der Waals surface area contributed by atoms with Gasteiger partial charge in [0.05, 0.1) is 42.0 Å². The van der Waals surface area contributed by atoms with E-state index in [1.165, 1.54) is 0 Å². The molecule has 0 radical (unpaired) electrons. The minimum Gasteiger partial charge on any atom is -0.477 e. The van der Waals surface area contributed by atoms with Gasteiger partial charge in [-0.05, 0) is 38.6 Å². The first kappa shape index (κ1) is 31.3. The molecular formula is C30H33ClF5N7O3. The van der Waals surface area contributed by atoms with E-state index in [0.29, 0.717) is 39.3 Å². The van der Waals surface area contributed by atoms with Gasteiger partial charge >= 0.3 is 12.2 Å². The van der Waals surface area contributed by atoms with E-state index in [1.807, 2.05) is 4.90 Å². The van der Waals surface area contributed by atoms with Crippen molar-refractivity contribution in [2.75, 3.05) is 70.3 Å². The van der Waals surface area contributed by atoms with Crippen molar-refractivity contribution >= 4 is 34.0 Å². The van der Waals surface area contributed by atoms with E-state index in [4.69, 9.17) is 36.5 Å². The van der Waals surface area contributed by atoms with Crippen molar-refractivity contribution in [1.29, 1.82) is 0 Å². The van der Waals surface area contributed by atoms with Crippen LogP contribution in [0.1, 0.15) is 24.8 Å². The van der Waals surface area contributed by atoms with Crippen molar-refractivity contribution in [3.63, 3.8) is 0 Å². The highest BCUT2D eigenvalue weighted by atomic mass is 35.5. The van der Waals surface area contributed by atoms with Crippen molar-refractivity contribution in [1.82, 2.24) is 25.2 Å². The van der Waals surface area contributed by atoms with Gasteiger partial charge in [-0.15, -0.1) is 0 Å². The second-order valence-corrected chi connectivity index (χ2v) is 12.8. The van der Waals surface area contributed by atoms with Crippen LogP contribution in [0.2, 0.25) is 5.02 Å². The number of hydrogen-bond donors (Lipinski definition) is 2. The molecule has 16 heteroatoms. The van der Waals surface area contributed by atoms with Gasteiger partial charge in [0.1, 0.15) is 35.2 Å². The third-order valence-electron chi connectivity index (χ3n) is 9.47. The lowest BCUT2D eigenvalue weighted by Crippen LogP contribution is -2.46. The molecule has 0 bridgehead atoms. The summed E-state index contributed by atoms with van der Waals surface area (Å²) in [5, 5.41) is 2.50. The molecule has 0 amide bonds. The number of anilines is 2. The summed E-state index contributed by atoms with van der Waals surface area (Å²) in [6.07, 6.45) is -4.05. The zero-order valence-electron chi connectivity index (χ0n) is 25.0. The van der Waals surface area contributed by atoms with Gasteiger partial charge in [0.25, 0.3) is 0 Å². The Morgan fingerprint density at radius 2 is 2.02 bits per heavy atom. The van der Waals surface area contributed by atoms with E-state index in [-0.39, 0.29) is 59.5 Å². The average molecular weight is 670 g/mol. The fourth-order valence-corrected chi connectivity index (χ4v) is 7.68. The molecule has 3 saturated heterocycles. The van der Waals surface area contributed by atoms with Crippen molar-refractivity contribution in [3.8, 4) is 23.1 Å². The molecule has 6 heterocycles. The first-order chi connectivity index (χ1) is 22.0. The Kier molecular flexibility index (Phi) is 8.01. The molecule has 3 aromatic rings. The number of halogens is 6. The van der Waals surface area contributed by atoms with E-state index in [0.717, 1.165) is 31.5 Å². The van der Waals surface area contributed by atoms with Gasteiger partial charge in [0, 0.05) is 43.2 Å². The Morgan fingerprint density at radius 1 is 1.20 bits per heavy atom. The number of ether oxygens (including phenoxy) is 3. The Balaban J connectivity index is 1.43. The van der Waals surface area contributed by atoms with Gasteiger partial charge in [0.15, 0.2) is 5.82 Å². The van der Waals surface area contributed by atoms with Crippen LogP contribution < -0.4 is 25.4 Å². The molecule has 248 valence electrons. The molecule has 2 unspecified atom stereocenters. The topological polar surface area (TPSA) is 111 Å². The molecule has 0 spiro atoms. The highest BCUT2D eigenvalue weighted by Crippen LogP contribution is 2.47. The molecule has 4 aliphatic rings. The zero-order valence-corrected chi connectivity index (χ0v) is 25.7. The number of nitrogens with one attached hydrogen (secondary N) is 1. The number of fused-ring (bicyclic) bond motifs is 2. The number of pyridine rings is 1. The molecule has 3 N–H and O–H groups in total. The summed E-state index contributed by atoms with van der Waals surface area (Å²) < 4.78 is 92.2. The number of nitrogens with zero attached hydrogens (tertiary/aromatic N) is 5. The van der Waals surface area contributed by atoms with Crippen LogP contribution in [-0.4, -0.2) is 97.3 Å².